The van der Waals surface area contributed by atoms with Gasteiger partial charge in [0.15, 0.2) is 16.6 Å². The van der Waals surface area contributed by atoms with Crippen molar-refractivity contribution in [1.82, 2.24) is 0 Å². The van der Waals surface area contributed by atoms with Crippen LogP contribution in [0.15, 0.2) is 70.7 Å². The zero-order valence-electron chi connectivity index (χ0n) is 19.7. The highest BCUT2D eigenvalue weighted by Gasteiger charge is 2.41. The summed E-state index contributed by atoms with van der Waals surface area (Å²) in [6.45, 7) is 3.92. The number of thiocarbonyl (C=S) groups is 1. The molecule has 3 aromatic carbocycles. The van der Waals surface area contributed by atoms with Gasteiger partial charge in [0.1, 0.15) is 5.57 Å². The van der Waals surface area contributed by atoms with Crippen LogP contribution >= 0.6 is 28.1 Å². The van der Waals surface area contributed by atoms with Crippen LogP contribution in [0.2, 0.25) is 0 Å². The van der Waals surface area contributed by atoms with Crippen LogP contribution in [0.25, 0.3) is 6.08 Å². The molecule has 0 aromatic heterocycles. The molecule has 1 aliphatic rings. The molecule has 1 saturated heterocycles. The SMILES string of the molecule is COc1cc(Br)c(C=C2C(=O)N(c3ccc(C)cc3)C(=S)N(c3ccc(C)cc3)C2=O)cc1OC. The smallest absolute Gasteiger partial charge is 0.270 e. The van der Waals surface area contributed by atoms with E-state index in [0.717, 1.165) is 11.1 Å². The Morgan fingerprint density at radius 3 is 1.63 bits per heavy atom. The minimum Gasteiger partial charge on any atom is -0.493 e. The molecule has 35 heavy (non-hydrogen) atoms. The Kier molecular flexibility index (Phi) is 7.05. The van der Waals surface area contributed by atoms with E-state index in [2.05, 4.69) is 15.9 Å². The third kappa shape index (κ3) is 4.72. The van der Waals surface area contributed by atoms with Gasteiger partial charge >= 0.3 is 0 Å². The van der Waals surface area contributed by atoms with E-state index in [1.165, 1.54) is 24.0 Å². The Morgan fingerprint density at radius 1 is 0.771 bits per heavy atom. The van der Waals surface area contributed by atoms with Crippen LogP contribution in [-0.4, -0.2) is 31.1 Å². The Morgan fingerprint density at radius 2 is 1.20 bits per heavy atom. The van der Waals surface area contributed by atoms with Crippen molar-refractivity contribution in [3.05, 3.63) is 87.4 Å². The van der Waals surface area contributed by atoms with Crippen LogP contribution in [0.1, 0.15) is 16.7 Å². The molecule has 0 radical (unpaired) electrons. The third-order valence-electron chi connectivity index (χ3n) is 5.64. The highest BCUT2D eigenvalue weighted by Crippen LogP contribution is 2.36. The highest BCUT2D eigenvalue weighted by molar-refractivity contribution is 9.10. The van der Waals surface area contributed by atoms with Gasteiger partial charge in [-0.25, -0.2) is 0 Å². The topological polar surface area (TPSA) is 59.1 Å². The average molecular weight is 551 g/mol. The number of rotatable bonds is 5. The lowest BCUT2D eigenvalue weighted by Crippen LogP contribution is -2.56. The number of methoxy groups -OCH3 is 2. The first-order chi connectivity index (χ1) is 16.7. The zero-order valence-corrected chi connectivity index (χ0v) is 22.1. The van der Waals surface area contributed by atoms with Gasteiger partial charge in [0.25, 0.3) is 11.8 Å². The van der Waals surface area contributed by atoms with Crippen molar-refractivity contribution < 1.29 is 19.1 Å². The number of nitrogens with zero attached hydrogens (tertiary/aromatic N) is 2. The fraction of sp³-hybridized carbons (Fsp3) is 0.148. The predicted molar refractivity (Wildman–Crippen MR) is 145 cm³/mol. The second-order valence-corrected chi connectivity index (χ2v) is 9.24. The Balaban J connectivity index is 1.89. The summed E-state index contributed by atoms with van der Waals surface area (Å²) in [5.74, 6) is -0.0195. The summed E-state index contributed by atoms with van der Waals surface area (Å²) in [6.07, 6.45) is 1.54. The first kappa shape index (κ1) is 24.6. The van der Waals surface area contributed by atoms with Gasteiger partial charge in [-0.2, -0.15) is 0 Å². The van der Waals surface area contributed by atoms with Gasteiger partial charge in [-0.1, -0.05) is 51.3 Å². The maximum Gasteiger partial charge on any atom is 0.270 e. The number of anilines is 2. The molecular formula is C27H23BrN2O4S. The molecular weight excluding hydrogens is 528 g/mol. The number of carbonyl (C=O) groups excluding carboxylic acids is 2. The van der Waals surface area contributed by atoms with Crippen molar-refractivity contribution in [3.63, 3.8) is 0 Å². The lowest BCUT2D eigenvalue weighted by molar-refractivity contribution is -0.120. The first-order valence-electron chi connectivity index (χ1n) is 10.7. The van der Waals surface area contributed by atoms with Crippen LogP contribution in [0.5, 0.6) is 11.5 Å². The minimum atomic E-state index is -0.506. The predicted octanol–water partition coefficient (Wildman–Crippen LogP) is 5.83. The molecule has 1 fully saturated rings. The molecule has 0 spiro atoms. The van der Waals surface area contributed by atoms with E-state index in [9.17, 15) is 9.59 Å². The molecule has 0 saturated carbocycles. The number of carbonyl (C=O) groups is 2. The molecule has 0 unspecified atom stereocenters. The number of aryl methyl sites for hydroxylation is 2. The zero-order chi connectivity index (χ0) is 25.3. The molecule has 0 N–H and O–H groups in total. The quantitative estimate of drug-likeness (QED) is 0.227. The van der Waals surface area contributed by atoms with Crippen LogP contribution in [-0.2, 0) is 9.59 Å². The minimum absolute atomic E-state index is 0.0346. The van der Waals surface area contributed by atoms with E-state index in [4.69, 9.17) is 21.7 Å². The van der Waals surface area contributed by atoms with E-state index in [1.807, 2.05) is 62.4 Å². The number of amides is 2. The summed E-state index contributed by atoms with van der Waals surface area (Å²) in [7, 11) is 3.06. The van der Waals surface area contributed by atoms with Crippen molar-refractivity contribution in [2.75, 3.05) is 24.0 Å². The van der Waals surface area contributed by atoms with Crippen molar-refractivity contribution in [2.24, 2.45) is 0 Å². The lowest BCUT2D eigenvalue weighted by atomic mass is 10.0. The lowest BCUT2D eigenvalue weighted by Gasteiger charge is -2.36. The molecule has 4 rings (SSSR count). The first-order valence-corrected chi connectivity index (χ1v) is 11.9. The molecule has 2 amide bonds. The molecule has 178 valence electrons. The van der Waals surface area contributed by atoms with Gasteiger partial charge in [0, 0.05) is 4.47 Å². The summed E-state index contributed by atoms with van der Waals surface area (Å²) in [4.78, 5) is 30.2. The standard InChI is InChI=1S/C27H23BrN2O4S/c1-16-5-9-19(10-6-16)29-25(31)21(13-18-14-23(33-3)24(34-4)15-22(18)28)26(32)30(27(29)35)20-11-7-17(2)8-12-20/h5-15H,1-4H3. The summed E-state index contributed by atoms with van der Waals surface area (Å²) < 4.78 is 11.4. The Labute approximate surface area is 217 Å². The van der Waals surface area contributed by atoms with E-state index < -0.39 is 11.8 Å². The van der Waals surface area contributed by atoms with Crippen molar-refractivity contribution in [1.29, 1.82) is 0 Å². The molecule has 3 aromatic rings. The molecule has 0 aliphatic carbocycles. The summed E-state index contributed by atoms with van der Waals surface area (Å²) in [6, 6.07) is 18.3. The van der Waals surface area contributed by atoms with Gasteiger partial charge in [0.05, 0.1) is 25.6 Å². The summed E-state index contributed by atoms with van der Waals surface area (Å²) in [5, 5.41) is 0.0937. The van der Waals surface area contributed by atoms with Gasteiger partial charge in [-0.05, 0) is 74.1 Å². The van der Waals surface area contributed by atoms with Crippen LogP contribution in [0, 0.1) is 13.8 Å². The number of ether oxygens (including phenoxy) is 2. The number of benzene rings is 3. The Bertz CT molecular complexity index is 1280. The van der Waals surface area contributed by atoms with Gasteiger partial charge in [-0.3, -0.25) is 19.4 Å². The maximum absolute atomic E-state index is 13.7. The maximum atomic E-state index is 13.7. The number of halogens is 1. The number of hydrogen-bond donors (Lipinski definition) is 0. The summed E-state index contributed by atoms with van der Waals surface area (Å²) in [5.41, 5.74) is 3.79. The van der Waals surface area contributed by atoms with E-state index in [1.54, 1.807) is 18.2 Å². The second kappa shape index (κ2) is 10.0. The third-order valence-corrected chi connectivity index (χ3v) is 6.69. The van der Waals surface area contributed by atoms with Gasteiger partial charge < -0.3 is 9.47 Å². The van der Waals surface area contributed by atoms with Crippen molar-refractivity contribution in [3.8, 4) is 11.5 Å². The van der Waals surface area contributed by atoms with Crippen LogP contribution in [0.3, 0.4) is 0 Å². The van der Waals surface area contributed by atoms with Crippen LogP contribution in [0.4, 0.5) is 11.4 Å². The van der Waals surface area contributed by atoms with E-state index >= 15 is 0 Å². The highest BCUT2D eigenvalue weighted by atomic mass is 79.9. The number of hydrogen-bond acceptors (Lipinski definition) is 5. The van der Waals surface area contributed by atoms with Gasteiger partial charge in [0.2, 0.25) is 0 Å². The molecule has 0 atom stereocenters. The summed E-state index contributed by atoms with van der Waals surface area (Å²) >= 11 is 9.20. The second-order valence-electron chi connectivity index (χ2n) is 8.02. The normalized spacial score (nSPS) is 13.9. The van der Waals surface area contributed by atoms with Crippen LogP contribution < -0.4 is 19.3 Å². The molecule has 1 heterocycles. The average Bonchev–Trinajstić information content (AvgIpc) is 2.84. The van der Waals surface area contributed by atoms with Crippen molar-refractivity contribution in [2.45, 2.75) is 13.8 Å². The van der Waals surface area contributed by atoms with E-state index in [0.29, 0.717) is 32.9 Å². The fourth-order valence-electron chi connectivity index (χ4n) is 3.71. The molecule has 1 aliphatic heterocycles. The Hall–Kier alpha value is -3.49. The molecule has 6 nitrogen and oxygen atoms in total. The fourth-order valence-corrected chi connectivity index (χ4v) is 4.52. The molecule has 8 heteroatoms. The van der Waals surface area contributed by atoms with E-state index in [-0.39, 0.29) is 10.7 Å². The van der Waals surface area contributed by atoms with Crippen molar-refractivity contribution >= 4 is 62.5 Å². The van der Waals surface area contributed by atoms with Gasteiger partial charge in [-0.15, -0.1) is 0 Å². The largest absolute Gasteiger partial charge is 0.493 e. The molecule has 0 bridgehead atoms. The monoisotopic (exact) mass is 550 g/mol.